The minimum Gasteiger partial charge on any atom is -0.296 e. The Morgan fingerprint density at radius 3 is 1.40 bits per heavy atom. The molecule has 0 aliphatic rings. The van der Waals surface area contributed by atoms with Crippen molar-refractivity contribution in [2.75, 3.05) is 0 Å². The van der Waals surface area contributed by atoms with Crippen LogP contribution in [0.25, 0.3) is 0 Å². The Kier molecular flexibility index (Phi) is 2.66. The summed E-state index contributed by atoms with van der Waals surface area (Å²) in [5, 5.41) is -5.08. The van der Waals surface area contributed by atoms with Crippen molar-refractivity contribution >= 4 is 6.29 Å². The Hall–Kier alpha value is -0.760. The summed E-state index contributed by atoms with van der Waals surface area (Å²) in [7, 11) is 0. The molecule has 60 valence electrons. The summed E-state index contributed by atoms with van der Waals surface area (Å²) in [5.74, 6) is -4.64. The van der Waals surface area contributed by atoms with Gasteiger partial charge in [0.1, 0.15) is 0 Å². The zero-order chi connectivity index (χ0) is 8.36. The molecule has 0 saturated heterocycles. The average Bonchev–Trinajstić information content (AvgIpc) is 1.85. The van der Waals surface area contributed by atoms with Crippen molar-refractivity contribution in [2.24, 2.45) is 0 Å². The molecule has 0 saturated carbocycles. The predicted molar refractivity (Wildman–Crippen MR) is 18.0 cm³/mol. The van der Waals surface area contributed by atoms with E-state index in [4.69, 9.17) is 0 Å². The number of carbonyl (C=O) groups excluding carboxylic acids is 1. The average molecular weight is 164 g/mol. The van der Waals surface area contributed by atoms with E-state index in [0.29, 0.717) is 0 Å². The van der Waals surface area contributed by atoms with Crippen molar-refractivity contribution < 1.29 is 27.1 Å². The van der Waals surface area contributed by atoms with Crippen molar-refractivity contribution in [3.8, 4) is 0 Å². The summed E-state index contributed by atoms with van der Waals surface area (Å²) in [6.07, 6.45) is -1.23. The molecule has 0 spiro atoms. The molecule has 0 aromatic rings. The fraction of sp³-hybridized carbons (Fsp3) is 0.500. The molecule has 0 atom stereocenters. The zero-order valence-electron chi connectivity index (χ0n) is 4.27. The van der Waals surface area contributed by atoms with Gasteiger partial charge < -0.3 is 0 Å². The lowest BCUT2D eigenvalue weighted by molar-refractivity contribution is -0.393. The van der Waals surface area contributed by atoms with Gasteiger partial charge >= 0.3 is 5.92 Å². The lowest BCUT2D eigenvalue weighted by atomic mass is 10.5. The van der Waals surface area contributed by atoms with Gasteiger partial charge in [-0.3, -0.25) is 4.79 Å². The molecule has 0 aliphatic carbocycles. The van der Waals surface area contributed by atoms with Gasteiger partial charge in [0.2, 0.25) is 0 Å². The van der Waals surface area contributed by atoms with Crippen LogP contribution in [0.15, 0.2) is 0 Å². The van der Waals surface area contributed by atoms with Gasteiger partial charge in [-0.1, -0.05) is 17.9 Å². The first-order valence-corrected chi connectivity index (χ1v) is 1.84. The fourth-order valence-corrected chi connectivity index (χ4v) is 0.137. The molecule has 0 rings (SSSR count). The van der Waals surface area contributed by atoms with Crippen LogP contribution in [0.4, 0.5) is 22.3 Å². The van der Waals surface area contributed by atoms with Crippen LogP contribution in [0, 0.1) is 0 Å². The Morgan fingerprint density at radius 1 is 1.10 bits per heavy atom. The first-order chi connectivity index (χ1) is 4.45. The van der Waals surface area contributed by atoms with Crippen LogP contribution in [0.3, 0.4) is 0 Å². The monoisotopic (exact) mass is 164 g/mol. The van der Waals surface area contributed by atoms with Crippen LogP contribution >= 0.6 is 0 Å². The summed E-state index contributed by atoms with van der Waals surface area (Å²) < 4.78 is 55.9. The number of halogens is 5. The van der Waals surface area contributed by atoms with Gasteiger partial charge in [-0.15, -0.1) is 0 Å². The number of hydrogen-bond donors (Lipinski definition) is 0. The lowest BCUT2D eigenvalue weighted by Gasteiger charge is -2.16. The molecule has 0 heterocycles. The van der Waals surface area contributed by atoms with E-state index < -0.39 is 22.9 Å². The Morgan fingerprint density at radius 2 is 1.40 bits per heavy atom. The van der Waals surface area contributed by atoms with E-state index in [9.17, 15) is 27.1 Å². The smallest absolute Gasteiger partial charge is 0.296 e. The third-order valence-electron chi connectivity index (χ3n) is 0.624. The maximum absolute atomic E-state index is 11.8. The molecular weight excluding hydrogens is 163 g/mol. The summed E-state index contributed by atoms with van der Waals surface area (Å²) >= 11 is 0. The Labute approximate surface area is 51.4 Å². The molecule has 0 bridgehead atoms. The van der Waals surface area contributed by atoms with E-state index >= 15 is 0 Å². The van der Waals surface area contributed by atoms with Gasteiger partial charge in [0, 0.05) is 0 Å². The zero-order valence-corrected chi connectivity index (χ0v) is 4.27. The topological polar surface area (TPSA) is 23.6 Å². The highest BCUT2D eigenvalue weighted by Gasteiger charge is 2.48. The summed E-state index contributed by atoms with van der Waals surface area (Å²) in [6.45, 7) is 0. The fourth-order valence-electron chi connectivity index (χ4n) is 0.137. The largest absolute Gasteiger partial charge is 0.385 e. The molecule has 10 heavy (non-hydrogen) atoms. The SMILES string of the molecule is O=CC(F)(N(F)F)N(F)F. The highest BCUT2D eigenvalue weighted by atomic mass is 19.4. The van der Waals surface area contributed by atoms with Gasteiger partial charge in [0.05, 0.1) is 10.7 Å². The number of hydrogen-bond acceptors (Lipinski definition) is 3. The lowest BCUT2D eigenvalue weighted by Crippen LogP contribution is -2.45. The molecule has 0 aromatic heterocycles. The maximum atomic E-state index is 11.8. The van der Waals surface area contributed by atoms with E-state index in [1.54, 1.807) is 0 Å². The van der Waals surface area contributed by atoms with Crippen molar-refractivity contribution in [3.05, 3.63) is 0 Å². The molecule has 0 aromatic carbocycles. The van der Waals surface area contributed by atoms with Crippen molar-refractivity contribution in [2.45, 2.75) is 5.92 Å². The van der Waals surface area contributed by atoms with Crippen molar-refractivity contribution in [3.63, 3.8) is 0 Å². The number of rotatable bonds is 3. The van der Waals surface area contributed by atoms with Gasteiger partial charge in [0.25, 0.3) is 0 Å². The van der Waals surface area contributed by atoms with Crippen molar-refractivity contribution in [1.82, 2.24) is 10.7 Å². The number of alkyl halides is 1. The molecule has 0 amide bonds. The molecule has 3 nitrogen and oxygen atoms in total. The molecule has 0 unspecified atom stereocenters. The molecular formula is C2HF5N2O. The normalized spacial score (nSPS) is 12.7. The van der Waals surface area contributed by atoms with Gasteiger partial charge in [-0.2, -0.15) is 4.39 Å². The summed E-state index contributed by atoms with van der Waals surface area (Å²) in [5.41, 5.74) is 0. The van der Waals surface area contributed by atoms with E-state index in [-0.39, 0.29) is 0 Å². The second-order valence-corrected chi connectivity index (χ2v) is 1.22. The van der Waals surface area contributed by atoms with E-state index in [1.165, 1.54) is 0 Å². The van der Waals surface area contributed by atoms with E-state index in [2.05, 4.69) is 0 Å². The Bertz CT molecular complexity index is 119. The number of nitrogens with zero attached hydrogens (tertiary/aromatic N) is 2. The van der Waals surface area contributed by atoms with Crippen LogP contribution in [0.2, 0.25) is 0 Å². The minimum absolute atomic E-state index is 1.23. The molecule has 0 fully saturated rings. The maximum Gasteiger partial charge on any atom is 0.385 e. The van der Waals surface area contributed by atoms with E-state index in [0.717, 1.165) is 0 Å². The van der Waals surface area contributed by atoms with E-state index in [1.807, 2.05) is 0 Å². The first kappa shape index (κ1) is 9.24. The Balaban J connectivity index is 4.38. The van der Waals surface area contributed by atoms with Gasteiger partial charge in [0.15, 0.2) is 6.29 Å². The van der Waals surface area contributed by atoms with Gasteiger partial charge in [-0.25, -0.2) is 0 Å². The minimum atomic E-state index is -4.64. The van der Waals surface area contributed by atoms with Gasteiger partial charge in [-0.05, 0) is 0 Å². The third-order valence-corrected chi connectivity index (χ3v) is 0.624. The molecule has 8 heteroatoms. The standard InChI is InChI=1S/C2HF5N2O/c3-2(1-10,8(4)5)9(6)7/h1H. The number of aldehydes is 1. The highest BCUT2D eigenvalue weighted by Crippen LogP contribution is 2.22. The van der Waals surface area contributed by atoms with Crippen LogP contribution in [-0.4, -0.2) is 22.9 Å². The molecule has 0 N–H and O–H groups in total. The van der Waals surface area contributed by atoms with Crippen molar-refractivity contribution in [1.29, 1.82) is 0 Å². The van der Waals surface area contributed by atoms with Crippen LogP contribution in [0.5, 0.6) is 0 Å². The quantitative estimate of drug-likeness (QED) is 0.204. The molecule has 0 radical (unpaired) electrons. The highest BCUT2D eigenvalue weighted by molar-refractivity contribution is 5.59. The summed E-state index contributed by atoms with van der Waals surface area (Å²) in [4.78, 5) is 9.29. The van der Waals surface area contributed by atoms with Crippen LogP contribution in [-0.2, 0) is 4.79 Å². The second kappa shape index (κ2) is 2.88. The number of carbonyl (C=O) groups is 1. The first-order valence-electron chi connectivity index (χ1n) is 1.84. The van der Waals surface area contributed by atoms with Crippen LogP contribution < -0.4 is 0 Å². The molecule has 0 aliphatic heterocycles. The second-order valence-electron chi connectivity index (χ2n) is 1.22. The predicted octanol–water partition coefficient (Wildman–Crippen LogP) is 0.951. The van der Waals surface area contributed by atoms with Crippen LogP contribution in [0.1, 0.15) is 0 Å². The third kappa shape index (κ3) is 1.39. The summed E-state index contributed by atoms with van der Waals surface area (Å²) in [6, 6.07) is 0.